The van der Waals surface area contributed by atoms with Crippen molar-refractivity contribution in [3.8, 4) is 0 Å². The van der Waals surface area contributed by atoms with Crippen LogP contribution in [0.25, 0.3) is 0 Å². The van der Waals surface area contributed by atoms with E-state index >= 15 is 0 Å². The summed E-state index contributed by atoms with van der Waals surface area (Å²) in [6, 6.07) is 9.04. The Balaban J connectivity index is 1.93. The predicted octanol–water partition coefficient (Wildman–Crippen LogP) is 2.73. The van der Waals surface area contributed by atoms with Crippen molar-refractivity contribution in [3.05, 3.63) is 52.3 Å². The highest BCUT2D eigenvalue weighted by Gasteiger charge is 2.10. The smallest absolute Gasteiger partial charge is 0.270 e. The number of halogens is 1. The zero-order chi connectivity index (χ0) is 18.2. The molecule has 0 bridgehead atoms. The second kappa shape index (κ2) is 9.34. The summed E-state index contributed by atoms with van der Waals surface area (Å²) < 4.78 is 0. The van der Waals surface area contributed by atoms with Gasteiger partial charge in [0.2, 0.25) is 5.95 Å². The van der Waals surface area contributed by atoms with E-state index in [1.54, 1.807) is 18.2 Å². The molecule has 1 aromatic heterocycles. The van der Waals surface area contributed by atoms with E-state index in [1.165, 1.54) is 0 Å². The Morgan fingerprint density at radius 1 is 1.20 bits per heavy atom. The molecule has 0 aliphatic carbocycles. The average molecular weight is 362 g/mol. The number of nitrogens with one attached hydrogen (secondary N) is 2. The second-order valence-corrected chi connectivity index (χ2v) is 6.55. The van der Waals surface area contributed by atoms with Gasteiger partial charge in [-0.15, -0.1) is 0 Å². The number of aromatic nitrogens is 2. The first-order valence-corrected chi connectivity index (χ1v) is 8.59. The molecule has 2 aromatic rings. The van der Waals surface area contributed by atoms with Crippen molar-refractivity contribution in [1.82, 2.24) is 20.2 Å². The minimum absolute atomic E-state index is 0.225. The van der Waals surface area contributed by atoms with Crippen molar-refractivity contribution in [2.45, 2.75) is 19.9 Å². The van der Waals surface area contributed by atoms with E-state index in [0.717, 1.165) is 30.8 Å². The van der Waals surface area contributed by atoms with Crippen molar-refractivity contribution in [2.75, 3.05) is 32.5 Å². The molecule has 0 atom stereocenters. The van der Waals surface area contributed by atoms with Gasteiger partial charge in [0.05, 0.1) is 0 Å². The Morgan fingerprint density at radius 3 is 2.60 bits per heavy atom. The number of nitrogens with zero attached hydrogens (tertiary/aromatic N) is 3. The Kier molecular flexibility index (Phi) is 7.16. The summed E-state index contributed by atoms with van der Waals surface area (Å²) in [5.41, 5.74) is 2.09. The maximum absolute atomic E-state index is 12.3. The first-order valence-electron chi connectivity index (χ1n) is 8.21. The topological polar surface area (TPSA) is 70.2 Å². The van der Waals surface area contributed by atoms with E-state index in [4.69, 9.17) is 11.6 Å². The molecule has 1 aromatic carbocycles. The summed E-state index contributed by atoms with van der Waals surface area (Å²) in [5, 5.41) is 6.71. The molecule has 0 spiro atoms. The van der Waals surface area contributed by atoms with Crippen LogP contribution in [0.5, 0.6) is 0 Å². The molecule has 1 heterocycles. The maximum atomic E-state index is 12.3. The van der Waals surface area contributed by atoms with Crippen LogP contribution in [0, 0.1) is 6.92 Å². The molecule has 7 heteroatoms. The summed E-state index contributed by atoms with van der Waals surface area (Å²) in [7, 11) is 4.07. The van der Waals surface area contributed by atoms with E-state index in [-0.39, 0.29) is 5.91 Å². The molecular weight excluding hydrogens is 338 g/mol. The summed E-state index contributed by atoms with van der Waals surface area (Å²) in [5.74, 6) is 0.257. The van der Waals surface area contributed by atoms with Crippen molar-refractivity contribution < 1.29 is 4.79 Å². The SMILES string of the molecule is Cc1cc(C(=O)NCc2ccc(Cl)cc2)nc(NCCCN(C)C)n1. The molecule has 0 unspecified atom stereocenters. The molecule has 0 aliphatic heterocycles. The molecule has 0 aliphatic rings. The molecule has 0 radical (unpaired) electrons. The number of carbonyl (C=O) groups is 1. The van der Waals surface area contributed by atoms with Crippen molar-refractivity contribution >= 4 is 23.5 Å². The van der Waals surface area contributed by atoms with Gasteiger partial charge < -0.3 is 15.5 Å². The zero-order valence-electron chi connectivity index (χ0n) is 14.8. The second-order valence-electron chi connectivity index (χ2n) is 6.11. The molecule has 6 nitrogen and oxygen atoms in total. The largest absolute Gasteiger partial charge is 0.354 e. The third-order valence-electron chi connectivity index (χ3n) is 3.52. The maximum Gasteiger partial charge on any atom is 0.270 e. The van der Waals surface area contributed by atoms with E-state index < -0.39 is 0 Å². The lowest BCUT2D eigenvalue weighted by atomic mass is 10.2. The highest BCUT2D eigenvalue weighted by atomic mass is 35.5. The van der Waals surface area contributed by atoms with Gasteiger partial charge in [-0.25, -0.2) is 9.97 Å². The van der Waals surface area contributed by atoms with Crippen LogP contribution in [-0.2, 0) is 6.54 Å². The molecule has 0 fully saturated rings. The Bertz CT molecular complexity index is 703. The molecule has 0 saturated heterocycles. The fraction of sp³-hybridized carbons (Fsp3) is 0.389. The van der Waals surface area contributed by atoms with Gasteiger partial charge in [-0.05, 0) is 57.7 Å². The quantitative estimate of drug-likeness (QED) is 0.707. The first kappa shape index (κ1) is 19.1. The number of anilines is 1. The number of hydrogen-bond acceptors (Lipinski definition) is 5. The summed E-state index contributed by atoms with van der Waals surface area (Å²) in [4.78, 5) is 23.1. The molecule has 2 rings (SSSR count). The zero-order valence-corrected chi connectivity index (χ0v) is 15.6. The van der Waals surface area contributed by atoms with E-state index in [2.05, 4.69) is 25.5 Å². The van der Waals surface area contributed by atoms with Crippen LogP contribution in [0.4, 0.5) is 5.95 Å². The Hall–Kier alpha value is -2.18. The van der Waals surface area contributed by atoms with Gasteiger partial charge in [0.15, 0.2) is 0 Å². The van der Waals surface area contributed by atoms with Crippen molar-refractivity contribution in [2.24, 2.45) is 0 Å². The monoisotopic (exact) mass is 361 g/mol. The molecular formula is C18H24ClN5O. The van der Waals surface area contributed by atoms with E-state index in [0.29, 0.717) is 23.2 Å². The third-order valence-corrected chi connectivity index (χ3v) is 3.77. The highest BCUT2D eigenvalue weighted by molar-refractivity contribution is 6.30. The average Bonchev–Trinajstić information content (AvgIpc) is 2.57. The normalized spacial score (nSPS) is 10.8. The lowest BCUT2D eigenvalue weighted by Crippen LogP contribution is -2.24. The van der Waals surface area contributed by atoms with Crippen LogP contribution >= 0.6 is 11.6 Å². The predicted molar refractivity (Wildman–Crippen MR) is 101 cm³/mol. The number of carbonyl (C=O) groups excluding carboxylic acids is 1. The number of hydrogen-bond donors (Lipinski definition) is 2. The van der Waals surface area contributed by atoms with Crippen LogP contribution < -0.4 is 10.6 Å². The van der Waals surface area contributed by atoms with Crippen LogP contribution in [0.1, 0.15) is 28.2 Å². The van der Waals surface area contributed by atoms with Crippen LogP contribution in [-0.4, -0.2) is 48.0 Å². The minimum atomic E-state index is -0.225. The van der Waals surface area contributed by atoms with E-state index in [9.17, 15) is 4.79 Å². The molecule has 2 N–H and O–H groups in total. The van der Waals surface area contributed by atoms with Crippen LogP contribution in [0.2, 0.25) is 5.02 Å². The fourth-order valence-electron chi connectivity index (χ4n) is 2.23. The lowest BCUT2D eigenvalue weighted by molar-refractivity contribution is 0.0945. The van der Waals surface area contributed by atoms with Gasteiger partial charge >= 0.3 is 0 Å². The fourth-order valence-corrected chi connectivity index (χ4v) is 2.36. The first-order chi connectivity index (χ1) is 11.9. The van der Waals surface area contributed by atoms with Gasteiger partial charge in [-0.2, -0.15) is 0 Å². The highest BCUT2D eigenvalue weighted by Crippen LogP contribution is 2.10. The van der Waals surface area contributed by atoms with Gasteiger partial charge in [-0.1, -0.05) is 23.7 Å². The number of rotatable bonds is 8. The molecule has 25 heavy (non-hydrogen) atoms. The number of amides is 1. The summed E-state index contributed by atoms with van der Waals surface area (Å²) in [6.07, 6.45) is 0.975. The Morgan fingerprint density at radius 2 is 1.92 bits per heavy atom. The van der Waals surface area contributed by atoms with Crippen LogP contribution in [0.3, 0.4) is 0 Å². The minimum Gasteiger partial charge on any atom is -0.354 e. The number of aryl methyl sites for hydroxylation is 1. The van der Waals surface area contributed by atoms with E-state index in [1.807, 2.05) is 33.2 Å². The molecule has 0 saturated carbocycles. The third kappa shape index (κ3) is 6.68. The van der Waals surface area contributed by atoms with Crippen molar-refractivity contribution in [1.29, 1.82) is 0 Å². The molecule has 1 amide bonds. The summed E-state index contributed by atoms with van der Waals surface area (Å²) in [6.45, 7) is 4.01. The number of benzene rings is 1. The standard InChI is InChI=1S/C18H24ClN5O/c1-13-11-16(23-18(22-13)20-9-4-10-24(2)3)17(25)21-12-14-5-7-15(19)8-6-14/h5-8,11H,4,9-10,12H2,1-3H3,(H,21,25)(H,20,22,23). The van der Waals surface area contributed by atoms with Crippen LogP contribution in [0.15, 0.2) is 30.3 Å². The lowest BCUT2D eigenvalue weighted by Gasteiger charge is -2.11. The summed E-state index contributed by atoms with van der Waals surface area (Å²) >= 11 is 5.86. The van der Waals surface area contributed by atoms with Gasteiger partial charge in [0, 0.05) is 23.8 Å². The van der Waals surface area contributed by atoms with Crippen molar-refractivity contribution in [3.63, 3.8) is 0 Å². The Labute approximate surface area is 153 Å². The van der Waals surface area contributed by atoms with Gasteiger partial charge in [0.25, 0.3) is 5.91 Å². The van der Waals surface area contributed by atoms with Gasteiger partial charge in [-0.3, -0.25) is 4.79 Å². The van der Waals surface area contributed by atoms with Gasteiger partial charge in [0.1, 0.15) is 5.69 Å². The molecule has 134 valence electrons.